The van der Waals surface area contributed by atoms with E-state index in [4.69, 9.17) is 4.74 Å². The van der Waals surface area contributed by atoms with Crippen LogP contribution in [0.5, 0.6) is 0 Å². The molecule has 2 aromatic rings. The average molecular weight is 274 g/mol. The van der Waals surface area contributed by atoms with Crippen LogP contribution < -0.4 is 5.32 Å². The Bertz CT molecular complexity index is 480. The van der Waals surface area contributed by atoms with Crippen LogP contribution >= 0.6 is 11.3 Å². The summed E-state index contributed by atoms with van der Waals surface area (Å²) in [6.45, 7) is 2.10. The molecule has 1 unspecified atom stereocenters. The van der Waals surface area contributed by atoms with E-state index in [1.54, 1.807) is 17.5 Å². The molecule has 1 atom stereocenters. The minimum Gasteiger partial charge on any atom is -0.365 e. The van der Waals surface area contributed by atoms with E-state index in [1.165, 1.54) is 5.56 Å². The van der Waals surface area contributed by atoms with Crippen LogP contribution in [0.15, 0.2) is 41.4 Å². The lowest BCUT2D eigenvalue weighted by atomic mass is 10.0. The van der Waals surface area contributed by atoms with Crippen molar-refractivity contribution in [2.45, 2.75) is 25.0 Å². The lowest BCUT2D eigenvalue weighted by Gasteiger charge is -2.28. The van der Waals surface area contributed by atoms with Crippen molar-refractivity contribution in [3.05, 3.63) is 52.5 Å². The zero-order chi connectivity index (χ0) is 12.9. The molecule has 3 heterocycles. The minimum atomic E-state index is 0.0167. The summed E-state index contributed by atoms with van der Waals surface area (Å²) in [6.07, 6.45) is 6.23. The van der Waals surface area contributed by atoms with Crippen LogP contribution in [0.3, 0.4) is 0 Å². The molecule has 0 saturated carbocycles. The van der Waals surface area contributed by atoms with E-state index in [2.05, 4.69) is 33.2 Å². The number of hydrogen-bond acceptors (Lipinski definition) is 4. The van der Waals surface area contributed by atoms with Crippen LogP contribution in [-0.2, 0) is 4.74 Å². The molecule has 0 aromatic carbocycles. The zero-order valence-corrected chi connectivity index (χ0v) is 11.6. The van der Waals surface area contributed by atoms with Gasteiger partial charge in [-0.05, 0) is 54.4 Å². The Hall–Kier alpha value is -1.23. The highest BCUT2D eigenvalue weighted by atomic mass is 32.1. The van der Waals surface area contributed by atoms with Crippen molar-refractivity contribution in [3.63, 3.8) is 0 Å². The monoisotopic (exact) mass is 274 g/mol. The molecule has 3 rings (SSSR count). The summed E-state index contributed by atoms with van der Waals surface area (Å²) < 4.78 is 6.35. The molecule has 1 aliphatic heterocycles. The summed E-state index contributed by atoms with van der Waals surface area (Å²) in [6, 6.07) is 6.21. The molecular formula is C15H18N2OS. The van der Waals surface area contributed by atoms with Gasteiger partial charge in [0, 0.05) is 18.0 Å². The van der Waals surface area contributed by atoms with E-state index >= 15 is 0 Å². The number of thiophene rings is 1. The Morgan fingerprint density at radius 2 is 2.16 bits per heavy atom. The normalized spacial score (nSPS) is 18.3. The summed E-state index contributed by atoms with van der Waals surface area (Å²) in [5, 5.41) is 7.64. The lowest BCUT2D eigenvalue weighted by Crippen LogP contribution is -2.33. The minimum absolute atomic E-state index is 0.0167. The van der Waals surface area contributed by atoms with Crippen LogP contribution in [-0.4, -0.2) is 24.2 Å². The Kier molecular flexibility index (Phi) is 4.23. The maximum absolute atomic E-state index is 6.35. The Labute approximate surface area is 117 Å². The first-order valence-electron chi connectivity index (χ1n) is 6.71. The molecule has 0 radical (unpaired) electrons. The first-order chi connectivity index (χ1) is 9.43. The topological polar surface area (TPSA) is 34.1 Å². The molecule has 0 spiro atoms. The van der Waals surface area contributed by atoms with E-state index in [1.807, 2.05) is 12.3 Å². The molecule has 1 aliphatic rings. The molecule has 1 fully saturated rings. The quantitative estimate of drug-likeness (QED) is 0.930. The van der Waals surface area contributed by atoms with Gasteiger partial charge in [-0.25, -0.2) is 0 Å². The number of pyridine rings is 1. The summed E-state index contributed by atoms with van der Waals surface area (Å²) >= 11 is 1.71. The summed E-state index contributed by atoms with van der Waals surface area (Å²) in [5.41, 5.74) is 2.37. The van der Waals surface area contributed by atoms with E-state index in [0.29, 0.717) is 6.10 Å². The van der Waals surface area contributed by atoms with Crippen molar-refractivity contribution in [1.29, 1.82) is 0 Å². The number of nitrogens with one attached hydrogen (secondary N) is 1. The third-order valence-electron chi connectivity index (χ3n) is 3.45. The van der Waals surface area contributed by atoms with Gasteiger partial charge in [-0.15, -0.1) is 0 Å². The predicted octanol–water partition coefficient (Wildman–Crippen LogP) is 3.00. The Balaban J connectivity index is 1.80. The zero-order valence-electron chi connectivity index (χ0n) is 10.8. The second-order valence-electron chi connectivity index (χ2n) is 4.81. The molecule has 3 nitrogen and oxygen atoms in total. The SMILES string of the molecule is c1cncc(C(OC2CCNCC2)c2ccsc2)c1. The maximum atomic E-state index is 6.35. The van der Waals surface area contributed by atoms with E-state index in [0.717, 1.165) is 31.5 Å². The van der Waals surface area contributed by atoms with E-state index in [9.17, 15) is 0 Å². The van der Waals surface area contributed by atoms with Crippen molar-refractivity contribution in [2.24, 2.45) is 0 Å². The number of nitrogens with zero attached hydrogens (tertiary/aromatic N) is 1. The third kappa shape index (κ3) is 3.21. The van der Waals surface area contributed by atoms with Crippen molar-refractivity contribution >= 4 is 11.3 Å². The first kappa shape index (κ1) is 12.8. The largest absolute Gasteiger partial charge is 0.365 e. The van der Waals surface area contributed by atoms with Gasteiger partial charge in [-0.1, -0.05) is 6.07 Å². The fraction of sp³-hybridized carbons (Fsp3) is 0.400. The van der Waals surface area contributed by atoms with Gasteiger partial charge >= 0.3 is 0 Å². The highest BCUT2D eigenvalue weighted by molar-refractivity contribution is 7.07. The summed E-state index contributed by atoms with van der Waals surface area (Å²) in [7, 11) is 0. The molecule has 4 heteroatoms. The molecule has 1 saturated heterocycles. The van der Waals surface area contributed by atoms with Crippen LogP contribution in [0.2, 0.25) is 0 Å². The number of aromatic nitrogens is 1. The first-order valence-corrected chi connectivity index (χ1v) is 7.66. The van der Waals surface area contributed by atoms with Gasteiger partial charge in [-0.3, -0.25) is 4.98 Å². The Morgan fingerprint density at radius 1 is 1.26 bits per heavy atom. The van der Waals surface area contributed by atoms with Crippen molar-refractivity contribution in [3.8, 4) is 0 Å². The van der Waals surface area contributed by atoms with Gasteiger partial charge in [0.2, 0.25) is 0 Å². The van der Waals surface area contributed by atoms with Crippen LogP contribution in [0.1, 0.15) is 30.1 Å². The molecule has 19 heavy (non-hydrogen) atoms. The van der Waals surface area contributed by atoms with Gasteiger partial charge in [-0.2, -0.15) is 11.3 Å². The average Bonchev–Trinajstić information content (AvgIpc) is 3.01. The molecular weight excluding hydrogens is 256 g/mol. The molecule has 0 amide bonds. The van der Waals surface area contributed by atoms with Crippen LogP contribution in [0, 0.1) is 0 Å². The number of piperidine rings is 1. The van der Waals surface area contributed by atoms with Gasteiger partial charge in [0.1, 0.15) is 6.10 Å². The molecule has 0 bridgehead atoms. The van der Waals surface area contributed by atoms with Crippen LogP contribution in [0.25, 0.3) is 0 Å². The van der Waals surface area contributed by atoms with Crippen molar-refractivity contribution < 1.29 is 4.74 Å². The molecule has 100 valence electrons. The maximum Gasteiger partial charge on any atom is 0.110 e. The Morgan fingerprint density at radius 3 is 2.84 bits per heavy atom. The van der Waals surface area contributed by atoms with Gasteiger partial charge in [0.15, 0.2) is 0 Å². The molecule has 2 aromatic heterocycles. The predicted molar refractivity (Wildman–Crippen MR) is 77.4 cm³/mol. The fourth-order valence-electron chi connectivity index (χ4n) is 2.43. The number of ether oxygens (including phenoxy) is 1. The highest BCUT2D eigenvalue weighted by Crippen LogP contribution is 2.30. The van der Waals surface area contributed by atoms with Gasteiger partial charge < -0.3 is 10.1 Å². The number of rotatable bonds is 4. The van der Waals surface area contributed by atoms with Crippen LogP contribution in [0.4, 0.5) is 0 Å². The summed E-state index contributed by atoms with van der Waals surface area (Å²) in [4.78, 5) is 4.22. The van der Waals surface area contributed by atoms with E-state index < -0.39 is 0 Å². The molecule has 0 aliphatic carbocycles. The van der Waals surface area contributed by atoms with Crippen molar-refractivity contribution in [2.75, 3.05) is 13.1 Å². The highest BCUT2D eigenvalue weighted by Gasteiger charge is 2.22. The number of hydrogen-bond donors (Lipinski definition) is 1. The van der Waals surface area contributed by atoms with Gasteiger partial charge in [0.25, 0.3) is 0 Å². The standard InChI is InChI=1S/C15H18N2OS/c1-2-12(10-17-6-1)15(13-5-9-19-11-13)18-14-3-7-16-8-4-14/h1-2,5-6,9-11,14-16H,3-4,7-8H2. The smallest absolute Gasteiger partial charge is 0.110 e. The molecule has 1 N–H and O–H groups in total. The second kappa shape index (κ2) is 6.28. The second-order valence-corrected chi connectivity index (χ2v) is 5.59. The van der Waals surface area contributed by atoms with E-state index in [-0.39, 0.29) is 6.10 Å². The fourth-order valence-corrected chi connectivity index (χ4v) is 3.10. The van der Waals surface area contributed by atoms with Crippen molar-refractivity contribution in [1.82, 2.24) is 10.3 Å². The summed E-state index contributed by atoms with van der Waals surface area (Å²) in [5.74, 6) is 0. The lowest BCUT2D eigenvalue weighted by molar-refractivity contribution is -0.00801. The van der Waals surface area contributed by atoms with Gasteiger partial charge in [0.05, 0.1) is 6.10 Å². The third-order valence-corrected chi connectivity index (χ3v) is 4.15.